The van der Waals surface area contributed by atoms with E-state index in [0.29, 0.717) is 37.5 Å². The predicted molar refractivity (Wildman–Crippen MR) is 437 cm³/mol. The number of guanidine groups is 4. The van der Waals surface area contributed by atoms with Crippen LogP contribution in [0.15, 0.2) is 50.3 Å². The zero-order chi connectivity index (χ0) is 86.4. The second-order valence-electron chi connectivity index (χ2n) is 27.9. The minimum Gasteiger partial charge on any atom is -0.481 e. The number of hydrogen-bond donors (Lipinski definition) is 24. The summed E-state index contributed by atoms with van der Waals surface area (Å²) in [5.74, 6) is -15.9. The van der Waals surface area contributed by atoms with Gasteiger partial charge in [-0.3, -0.25) is 87.1 Å². The summed E-state index contributed by atoms with van der Waals surface area (Å²) in [4.78, 5) is 223. The average molecular weight is 1660 g/mol. The Balaban J connectivity index is 2.36. The fourth-order valence-electron chi connectivity index (χ4n) is 11.8. The maximum absolute atomic E-state index is 14.5. The molecular formula is C71H122N26O16S2. The second-order valence-corrected chi connectivity index (χ2v) is 28.7. The Labute approximate surface area is 680 Å². The van der Waals surface area contributed by atoms with Gasteiger partial charge < -0.3 is 130 Å². The first kappa shape index (κ1) is 100. The number of hydrogen-bond acceptors (Lipinski definition) is 22. The van der Waals surface area contributed by atoms with Gasteiger partial charge in [-0.25, -0.2) is 0 Å². The van der Waals surface area contributed by atoms with E-state index in [4.69, 9.17) is 51.6 Å². The molecule has 0 aromatic heterocycles. The molecule has 44 heteroatoms. The van der Waals surface area contributed by atoms with Crippen molar-refractivity contribution in [3.05, 3.63) is 35.9 Å². The van der Waals surface area contributed by atoms with Crippen molar-refractivity contribution >= 4 is 138 Å². The van der Waals surface area contributed by atoms with E-state index < -0.39 is 187 Å². The number of thiol groups is 2. The summed E-state index contributed by atoms with van der Waals surface area (Å²) in [5, 5.41) is 40.2. The van der Waals surface area contributed by atoms with E-state index in [9.17, 15) is 77.0 Å². The van der Waals surface area contributed by atoms with Crippen LogP contribution >= 0.6 is 25.3 Å². The van der Waals surface area contributed by atoms with Gasteiger partial charge >= 0.3 is 5.97 Å². The normalized spacial score (nSPS) is 15.5. The van der Waals surface area contributed by atoms with Crippen molar-refractivity contribution < 1.29 is 77.0 Å². The molecule has 2 rings (SSSR count). The predicted octanol–water partition coefficient (Wildman–Crippen LogP) is -6.95. The highest BCUT2D eigenvalue weighted by Crippen LogP contribution is 2.26. The van der Waals surface area contributed by atoms with Gasteiger partial charge in [-0.05, 0) is 95.5 Å². The minimum absolute atomic E-state index is 0.00399. The molecule has 1 aliphatic carbocycles. The van der Waals surface area contributed by atoms with E-state index in [-0.39, 0.29) is 125 Å². The van der Waals surface area contributed by atoms with Gasteiger partial charge in [-0.2, -0.15) is 25.3 Å². The zero-order valence-electron chi connectivity index (χ0n) is 66.2. The summed E-state index contributed by atoms with van der Waals surface area (Å²) in [5.41, 5.74) is 50.4. The van der Waals surface area contributed by atoms with Gasteiger partial charge in [0.25, 0.3) is 0 Å². The van der Waals surface area contributed by atoms with Gasteiger partial charge in [0.1, 0.15) is 66.7 Å². The molecule has 0 radical (unpaired) electrons. The van der Waals surface area contributed by atoms with E-state index in [1.165, 1.54) is 18.7 Å². The summed E-state index contributed by atoms with van der Waals surface area (Å²) in [6, 6.07) is -8.23. The summed E-state index contributed by atoms with van der Waals surface area (Å²) >= 11 is 8.50. The highest BCUT2D eigenvalue weighted by Gasteiger charge is 2.39. The molecule has 0 bridgehead atoms. The number of benzene rings is 1. The lowest BCUT2D eigenvalue weighted by atomic mass is 9.92. The lowest BCUT2D eigenvalue weighted by molar-refractivity contribution is -0.143. The highest BCUT2D eigenvalue weighted by molar-refractivity contribution is 7.80. The molecule has 1 fully saturated rings. The van der Waals surface area contributed by atoms with Crippen molar-refractivity contribution in [1.29, 1.82) is 0 Å². The number of nitrogens with zero attached hydrogens (tertiary/aromatic N) is 5. The van der Waals surface area contributed by atoms with Gasteiger partial charge in [-0.1, -0.05) is 90.1 Å². The van der Waals surface area contributed by atoms with E-state index in [0.717, 1.165) is 19.3 Å². The largest absolute Gasteiger partial charge is 0.481 e. The molecule has 14 atom stereocenters. The number of nitrogens with one attached hydrogen (secondary N) is 12. The minimum atomic E-state index is -1.96. The van der Waals surface area contributed by atoms with Gasteiger partial charge in [-0.15, -0.1) is 0 Å². The third kappa shape index (κ3) is 38.7. The molecular weight excluding hydrogens is 1540 g/mol. The number of aldehydes is 1. The number of carbonyl (C=O) groups is 15. The first-order chi connectivity index (χ1) is 54.4. The molecule has 0 unspecified atom stereocenters. The number of carboxylic acid groups (broad SMARTS) is 1. The van der Waals surface area contributed by atoms with Gasteiger partial charge in [0.2, 0.25) is 76.8 Å². The van der Waals surface area contributed by atoms with Crippen molar-refractivity contribution in [2.45, 2.75) is 229 Å². The van der Waals surface area contributed by atoms with Crippen LogP contribution in [-0.2, 0) is 78.3 Å². The number of amides is 13. The second kappa shape index (κ2) is 54.1. The first-order valence-corrected chi connectivity index (χ1v) is 39.5. The Morgan fingerprint density at radius 3 is 1.34 bits per heavy atom. The molecule has 0 aliphatic heterocycles. The molecule has 31 N–H and O–H groups in total. The van der Waals surface area contributed by atoms with Gasteiger partial charge in [0.15, 0.2) is 23.8 Å². The van der Waals surface area contributed by atoms with Crippen LogP contribution in [0, 0.1) is 11.8 Å². The fraction of sp³-hybridized carbons (Fsp3) is 0.648. The van der Waals surface area contributed by atoms with E-state index >= 15 is 0 Å². The molecule has 1 aromatic carbocycles. The first-order valence-electron chi connectivity index (χ1n) is 38.2. The van der Waals surface area contributed by atoms with Crippen molar-refractivity contribution in [1.82, 2.24) is 68.7 Å². The SMILES string of the molecule is CC[C@H](C)[C@H](NC(=O)[C@H](CCCN=C(N)N)NC(=O)[C@H](CC(=O)O)NC(=O)[C@@H](NC(=O)[C@H](CCCN=C(N)N)NC(=O)CNC(=O)CNC(=O)[C@H](Cc1ccccc1)NC(=O)[C@@H](C)NC(=O)[C@H](CS)NC(=O)[C@@H](N)CCCN=C(N)N)[C@@H](C)CC)C(=O)N[C@@H](CS)C(=O)N[C@@H](C)C(=O)N(C1CCCCC1)[C@H](C=O)CCCN=C(N)N. The van der Waals surface area contributed by atoms with Crippen molar-refractivity contribution in [2.75, 3.05) is 50.8 Å². The number of aliphatic carboxylic acids is 1. The fourth-order valence-corrected chi connectivity index (χ4v) is 12.3. The van der Waals surface area contributed by atoms with E-state index in [1.54, 1.807) is 58.0 Å². The monoisotopic (exact) mass is 1660 g/mol. The zero-order valence-corrected chi connectivity index (χ0v) is 68.0. The Kier molecular flexibility index (Phi) is 47.2. The molecule has 115 heavy (non-hydrogen) atoms. The Hall–Kier alpha value is -10.8. The quantitative estimate of drug-likeness (QED) is 0.00947. The summed E-state index contributed by atoms with van der Waals surface area (Å²) in [6.07, 6.45) is 4.55. The molecule has 42 nitrogen and oxygen atoms in total. The van der Waals surface area contributed by atoms with Gasteiger partial charge in [0, 0.05) is 50.1 Å². The molecule has 0 spiro atoms. The third-order valence-corrected chi connectivity index (χ3v) is 19.4. The number of carbonyl (C=O) groups excluding carboxylic acids is 14. The topological polar surface area (TPSA) is 707 Å². The van der Waals surface area contributed by atoms with Crippen LogP contribution < -0.4 is 115 Å². The average Bonchev–Trinajstić information content (AvgIpc) is 0.827. The third-order valence-electron chi connectivity index (χ3n) is 18.7. The standard InChI is InChI=1S/C71H122N26O16S2/c1-7-38(3)55(95-60(106)46(25-17-29-83-70(77)78)89-53(100)34-85-52(99)33-86-59(105)48(31-42-19-11-9-12-20-42)91-57(103)40(5)87-63(109)50(36-114)93-58(104)45(72)24-16-28-82-69(75)76)65(111)92-49(32-54(101)102)62(108)90-47(26-18-30-84-71(79)80)61(107)96-56(39(4)8-2)66(112)94-51(37-115)64(110)88-41(6)67(113)97(43-21-13-10-14-22-43)44(35-98)23-15-27-81-68(73)74/h9,11-12,19-20,35,38-41,43-51,55-56,114-115H,7-8,10,13-18,21-34,36-37,72H2,1-6H3,(H,85,99)(H,86,105)(H,87,109)(H,88,110)(H,89,100)(H,90,108)(H,91,103)(H,92,111)(H,93,104)(H,94,112)(H,95,106)(H,96,107)(H,101,102)(H4,73,74,81)(H4,75,76,82)(H4,77,78,83)(H4,79,80,84)/t38-,39-,40+,41-,44-,45-,46-,47-,48-,49-,50-,51-,55-,56-/m0/s1. The molecule has 1 saturated carbocycles. The van der Waals surface area contributed by atoms with Crippen molar-refractivity contribution in [2.24, 2.45) is 83.4 Å². The number of rotatable bonds is 54. The lowest BCUT2D eigenvalue weighted by Gasteiger charge is -2.39. The van der Waals surface area contributed by atoms with Crippen LogP contribution in [0.5, 0.6) is 0 Å². The number of aliphatic imine (C=N–C) groups is 4. The van der Waals surface area contributed by atoms with Crippen LogP contribution in [0.25, 0.3) is 0 Å². The van der Waals surface area contributed by atoms with E-state index in [1.807, 2.05) is 0 Å². The molecule has 13 amide bonds. The highest BCUT2D eigenvalue weighted by atomic mass is 32.1. The molecule has 1 aromatic rings. The van der Waals surface area contributed by atoms with Crippen LogP contribution in [0.3, 0.4) is 0 Å². The summed E-state index contributed by atoms with van der Waals surface area (Å²) in [7, 11) is 0. The maximum atomic E-state index is 14.5. The molecule has 0 saturated heterocycles. The van der Waals surface area contributed by atoms with Crippen molar-refractivity contribution in [3.63, 3.8) is 0 Å². The van der Waals surface area contributed by atoms with Crippen LogP contribution in [-0.4, -0.2) is 252 Å². The Bertz CT molecular complexity index is 3500. The van der Waals surface area contributed by atoms with E-state index in [2.05, 4.69) is 109 Å². The summed E-state index contributed by atoms with van der Waals surface area (Å²) in [6.45, 7) is 8.07. The smallest absolute Gasteiger partial charge is 0.305 e. The van der Waals surface area contributed by atoms with Gasteiger partial charge in [0.05, 0.1) is 31.6 Å². The maximum Gasteiger partial charge on any atom is 0.305 e. The lowest BCUT2D eigenvalue weighted by Crippen LogP contribution is -2.62. The Morgan fingerprint density at radius 1 is 0.470 bits per heavy atom. The molecule has 0 heterocycles. The number of nitrogens with two attached hydrogens (primary N) is 9. The van der Waals surface area contributed by atoms with Crippen LogP contribution in [0.2, 0.25) is 0 Å². The van der Waals surface area contributed by atoms with Crippen molar-refractivity contribution in [3.8, 4) is 0 Å². The van der Waals surface area contributed by atoms with Crippen LogP contribution in [0.1, 0.15) is 150 Å². The molecule has 644 valence electrons. The van der Waals surface area contributed by atoms with Crippen LogP contribution in [0.4, 0.5) is 0 Å². The molecule has 1 aliphatic rings. The summed E-state index contributed by atoms with van der Waals surface area (Å²) < 4.78 is 0. The number of carboxylic acids is 1. The Morgan fingerprint density at radius 2 is 0.878 bits per heavy atom.